The molecule has 1 atom stereocenters. The molecule has 0 bridgehead atoms. The van der Waals surface area contributed by atoms with E-state index < -0.39 is 0 Å². The molecule has 5 aromatic rings. The summed E-state index contributed by atoms with van der Waals surface area (Å²) in [6.07, 6.45) is 4.42. The number of aryl methyl sites for hydroxylation is 1. The number of carbonyl (C=O) groups is 2. The Labute approximate surface area is 315 Å². The van der Waals surface area contributed by atoms with E-state index in [0.717, 1.165) is 64.2 Å². The lowest BCUT2D eigenvalue weighted by molar-refractivity contribution is 0.0544. The number of rotatable bonds is 14. The van der Waals surface area contributed by atoms with Crippen LogP contribution in [0.4, 0.5) is 5.69 Å². The molecule has 0 aliphatic carbocycles. The highest BCUT2D eigenvalue weighted by atomic mass is 35.5. The predicted octanol–water partition coefficient (Wildman–Crippen LogP) is 9.22. The Morgan fingerprint density at radius 3 is 2.21 bits per heavy atom. The Kier molecular flexibility index (Phi) is 12.4. The van der Waals surface area contributed by atoms with Gasteiger partial charge in [-0.25, -0.2) is 4.68 Å². The zero-order valence-electron chi connectivity index (χ0n) is 30.0. The summed E-state index contributed by atoms with van der Waals surface area (Å²) in [5.74, 6) is -0.304. The van der Waals surface area contributed by atoms with Crippen LogP contribution in [0.15, 0.2) is 102 Å². The minimum Gasteiger partial charge on any atom is -0.394 e. The van der Waals surface area contributed by atoms with Crippen molar-refractivity contribution in [1.29, 1.82) is 0 Å². The Balaban J connectivity index is 1.31. The van der Waals surface area contributed by atoms with E-state index in [4.69, 9.17) is 16.7 Å². The van der Waals surface area contributed by atoms with E-state index in [2.05, 4.69) is 48.9 Å². The van der Waals surface area contributed by atoms with Gasteiger partial charge >= 0.3 is 0 Å². The molecular weight excluding hydrogens is 690 g/mol. The SMILES string of the molecule is CCCCN(CCCC)C(=O)c1cc(C)n(-c2ccc(NSc3ccc(-c4ccc(Cl)cc4)cc3)cc2C(=O)N2Cc3ccccc3C[C@H]2CO)n1. The number of halogens is 1. The lowest BCUT2D eigenvalue weighted by Crippen LogP contribution is -2.46. The van der Waals surface area contributed by atoms with Crippen LogP contribution in [0.3, 0.4) is 0 Å². The summed E-state index contributed by atoms with van der Waals surface area (Å²) in [6.45, 7) is 7.76. The molecule has 2 heterocycles. The summed E-state index contributed by atoms with van der Waals surface area (Å²) in [4.78, 5) is 33.0. The van der Waals surface area contributed by atoms with Gasteiger partial charge in [0, 0.05) is 40.9 Å². The highest BCUT2D eigenvalue weighted by Crippen LogP contribution is 2.31. The Morgan fingerprint density at radius 2 is 1.56 bits per heavy atom. The minimum atomic E-state index is -0.373. The second-order valence-corrected chi connectivity index (χ2v) is 14.6. The number of hydrogen-bond donors (Lipinski definition) is 2. The van der Waals surface area contributed by atoms with Gasteiger partial charge in [0.1, 0.15) is 0 Å². The van der Waals surface area contributed by atoms with Crippen molar-refractivity contribution in [1.82, 2.24) is 19.6 Å². The minimum absolute atomic E-state index is 0.0959. The molecule has 0 fully saturated rings. The summed E-state index contributed by atoms with van der Waals surface area (Å²) in [7, 11) is 0. The third-order valence-electron chi connectivity index (χ3n) is 9.56. The Morgan fingerprint density at radius 1 is 0.904 bits per heavy atom. The van der Waals surface area contributed by atoms with Gasteiger partial charge in [-0.3, -0.25) is 9.59 Å². The second kappa shape index (κ2) is 17.3. The third kappa shape index (κ3) is 8.55. The van der Waals surface area contributed by atoms with Crippen molar-refractivity contribution in [3.05, 3.63) is 130 Å². The standard InChI is InChI=1S/C42H46ClN5O3S/c1-4-6-22-46(23-7-5-2)42(51)39-24-29(3)48(44-39)40-21-18-35(45-52-37-19-14-31(15-20-37)30-12-16-34(43)17-13-30)26-38(40)41(50)47-27-33-11-9-8-10-32(33)25-36(47)28-49/h8-21,24,26,36,45,49H,4-7,22-23,25,27-28H2,1-3H3/t36-/m0/s1. The van der Waals surface area contributed by atoms with Crippen molar-refractivity contribution in [2.45, 2.75) is 70.4 Å². The number of aliphatic hydroxyl groups excluding tert-OH is 1. The molecule has 1 aliphatic heterocycles. The molecule has 1 aliphatic rings. The van der Waals surface area contributed by atoms with E-state index in [9.17, 15) is 14.7 Å². The first kappa shape index (κ1) is 37.2. The molecule has 2 amide bonds. The largest absolute Gasteiger partial charge is 0.394 e. The van der Waals surface area contributed by atoms with Crippen molar-refractivity contribution in [2.24, 2.45) is 0 Å². The van der Waals surface area contributed by atoms with Crippen LogP contribution < -0.4 is 4.72 Å². The Bertz CT molecular complexity index is 1990. The topological polar surface area (TPSA) is 90.7 Å². The normalized spacial score (nSPS) is 13.9. The maximum Gasteiger partial charge on any atom is 0.274 e. The first-order valence-corrected chi connectivity index (χ1v) is 19.3. The van der Waals surface area contributed by atoms with Crippen LogP contribution in [0.25, 0.3) is 16.8 Å². The number of aliphatic hydroxyl groups is 1. The number of fused-ring (bicyclic) bond motifs is 1. The van der Waals surface area contributed by atoms with E-state index in [1.165, 1.54) is 11.9 Å². The van der Waals surface area contributed by atoms with E-state index in [0.29, 0.717) is 48.0 Å². The van der Waals surface area contributed by atoms with Crippen molar-refractivity contribution >= 4 is 41.1 Å². The zero-order chi connectivity index (χ0) is 36.6. The highest BCUT2D eigenvalue weighted by molar-refractivity contribution is 8.00. The van der Waals surface area contributed by atoms with E-state index in [-0.39, 0.29) is 24.5 Å². The predicted molar refractivity (Wildman–Crippen MR) is 211 cm³/mol. The van der Waals surface area contributed by atoms with Gasteiger partial charge in [0.2, 0.25) is 0 Å². The number of carbonyl (C=O) groups excluding carboxylic acids is 2. The van der Waals surface area contributed by atoms with Gasteiger partial charge in [-0.15, -0.1) is 0 Å². The lowest BCUT2D eigenvalue weighted by atomic mass is 9.93. The van der Waals surface area contributed by atoms with Crippen LogP contribution in [-0.4, -0.2) is 62.2 Å². The molecule has 8 nitrogen and oxygen atoms in total. The fourth-order valence-corrected chi connectivity index (χ4v) is 7.33. The molecule has 0 unspecified atom stereocenters. The van der Waals surface area contributed by atoms with Crippen LogP contribution in [0.1, 0.15) is 77.2 Å². The van der Waals surface area contributed by atoms with E-state index in [1.807, 2.05) is 78.6 Å². The van der Waals surface area contributed by atoms with Gasteiger partial charge in [-0.05, 0) is 109 Å². The Hall–Kier alpha value is -4.57. The number of nitrogens with zero attached hydrogens (tertiary/aromatic N) is 4. The number of amides is 2. The van der Waals surface area contributed by atoms with Crippen LogP contribution >= 0.6 is 23.5 Å². The smallest absolute Gasteiger partial charge is 0.274 e. The van der Waals surface area contributed by atoms with Gasteiger partial charge in [0.25, 0.3) is 11.8 Å². The van der Waals surface area contributed by atoms with Gasteiger partial charge in [0.15, 0.2) is 5.69 Å². The number of aromatic nitrogens is 2. The number of benzene rings is 4. The quantitative estimate of drug-likeness (QED) is 0.111. The first-order chi connectivity index (χ1) is 25.3. The van der Waals surface area contributed by atoms with Crippen molar-refractivity contribution < 1.29 is 14.7 Å². The first-order valence-electron chi connectivity index (χ1n) is 18.1. The summed E-state index contributed by atoms with van der Waals surface area (Å²) in [6, 6.07) is 31.2. The second-order valence-electron chi connectivity index (χ2n) is 13.3. The summed E-state index contributed by atoms with van der Waals surface area (Å²) >= 11 is 7.53. The highest BCUT2D eigenvalue weighted by Gasteiger charge is 2.32. The molecule has 0 spiro atoms. The summed E-state index contributed by atoms with van der Waals surface area (Å²) < 4.78 is 5.13. The number of hydrogen-bond acceptors (Lipinski definition) is 6. The van der Waals surface area contributed by atoms with Gasteiger partial charge < -0.3 is 19.6 Å². The zero-order valence-corrected chi connectivity index (χ0v) is 31.6. The maximum atomic E-state index is 14.6. The van der Waals surface area contributed by atoms with Crippen LogP contribution in [0, 0.1) is 6.92 Å². The molecule has 1 aromatic heterocycles. The average molecular weight is 736 g/mol. The molecule has 6 rings (SSSR count). The molecule has 52 heavy (non-hydrogen) atoms. The number of anilines is 1. The summed E-state index contributed by atoms with van der Waals surface area (Å²) in [5.41, 5.74) is 7.24. The summed E-state index contributed by atoms with van der Waals surface area (Å²) in [5, 5.41) is 16.0. The number of unbranched alkanes of at least 4 members (excludes halogenated alkanes) is 2. The molecule has 4 aromatic carbocycles. The molecule has 10 heteroatoms. The van der Waals surface area contributed by atoms with Crippen molar-refractivity contribution in [2.75, 3.05) is 24.4 Å². The van der Waals surface area contributed by atoms with Crippen LogP contribution in [0.5, 0.6) is 0 Å². The van der Waals surface area contributed by atoms with E-state index in [1.54, 1.807) is 9.58 Å². The average Bonchev–Trinajstić information content (AvgIpc) is 3.57. The van der Waals surface area contributed by atoms with Crippen LogP contribution in [-0.2, 0) is 13.0 Å². The molecule has 2 N–H and O–H groups in total. The van der Waals surface area contributed by atoms with Crippen molar-refractivity contribution in [3.63, 3.8) is 0 Å². The van der Waals surface area contributed by atoms with Gasteiger partial charge in [0.05, 0.1) is 23.9 Å². The lowest BCUT2D eigenvalue weighted by Gasteiger charge is -2.36. The molecular formula is C42H46ClN5O3S. The maximum absolute atomic E-state index is 14.6. The molecule has 270 valence electrons. The monoisotopic (exact) mass is 735 g/mol. The fourth-order valence-electron chi connectivity index (χ4n) is 6.57. The molecule has 0 radical (unpaired) electrons. The molecule has 0 saturated heterocycles. The molecule has 0 saturated carbocycles. The van der Waals surface area contributed by atoms with Gasteiger partial charge in [-0.1, -0.05) is 86.8 Å². The number of nitrogens with one attached hydrogen (secondary N) is 1. The van der Waals surface area contributed by atoms with Crippen molar-refractivity contribution in [3.8, 4) is 16.8 Å². The van der Waals surface area contributed by atoms with Crippen LogP contribution in [0.2, 0.25) is 5.02 Å². The fraction of sp³-hybridized carbons (Fsp3) is 0.310. The van der Waals surface area contributed by atoms with E-state index >= 15 is 0 Å². The van der Waals surface area contributed by atoms with Gasteiger partial charge in [-0.2, -0.15) is 5.10 Å². The third-order valence-corrected chi connectivity index (χ3v) is 10.7.